The van der Waals surface area contributed by atoms with Crippen molar-refractivity contribution in [2.24, 2.45) is 0 Å². The second-order valence-electron chi connectivity index (χ2n) is 17.6. The van der Waals surface area contributed by atoms with E-state index in [1.54, 1.807) is 0 Å². The Kier molecular flexibility index (Phi) is 36.8. The number of allylic oxidation sites excluding steroid dienone is 13. The molecule has 68 heavy (non-hydrogen) atoms. The molecule has 0 bridgehead atoms. The smallest absolute Gasteiger partial charge is 0.306 e. The van der Waals surface area contributed by atoms with Crippen molar-refractivity contribution in [1.29, 1.82) is 0 Å². The van der Waals surface area contributed by atoms with Gasteiger partial charge in [0.15, 0.2) is 12.6 Å². The zero-order valence-corrected chi connectivity index (χ0v) is 41.3. The monoisotopic (exact) mass is 963 g/mol. The lowest BCUT2D eigenvalue weighted by atomic mass is 9.98. The van der Waals surface area contributed by atoms with Crippen LogP contribution in [0.25, 0.3) is 0 Å². The molecule has 0 radical (unpaired) electrons. The molecule has 14 heteroatoms. The first-order valence-electron chi connectivity index (χ1n) is 25.7. The molecule has 11 atom stereocenters. The third kappa shape index (κ3) is 28.1. The highest BCUT2D eigenvalue weighted by Gasteiger charge is 2.47. The third-order valence-electron chi connectivity index (χ3n) is 11.7. The molecule has 0 aromatic heterocycles. The van der Waals surface area contributed by atoms with Gasteiger partial charge in [0.05, 0.1) is 33.0 Å². The van der Waals surface area contributed by atoms with Crippen LogP contribution < -0.4 is 0 Å². The maximum absolute atomic E-state index is 13.0. The number of esters is 1. The molecule has 2 saturated heterocycles. The maximum Gasteiger partial charge on any atom is 0.306 e. The summed E-state index contributed by atoms with van der Waals surface area (Å²) < 4.78 is 34.1. The molecule has 7 N–H and O–H groups in total. The fraction of sp³-hybridized carbons (Fsp3) is 0.722. The fourth-order valence-corrected chi connectivity index (χ4v) is 7.50. The molecule has 2 fully saturated rings. The van der Waals surface area contributed by atoms with Crippen LogP contribution in [0.2, 0.25) is 0 Å². The van der Waals surface area contributed by atoms with E-state index >= 15 is 0 Å². The van der Waals surface area contributed by atoms with Gasteiger partial charge in [-0.25, -0.2) is 0 Å². The zero-order valence-electron chi connectivity index (χ0n) is 41.3. The standard InChI is InChI=1S/C54H90O14/c1-3-5-7-9-11-13-15-17-19-21-22-23-25-27-29-31-33-35-37-46(56)66-43(40-63-38-36-34-32-30-28-26-24-20-18-16-14-12-10-8-6-4-2)41-64-53-52(62)50(60)48(58)45(68-53)42-65-54-51(61)49(59)47(57)44(39-55)67-54/h6,8,12-15,18-21,26,28,32,34,43-45,47-55,57-62H,3-5,7,9-11,16-17,22-25,27,29-31,33,35-42H2,1-2H3/b8-6-,14-12-,15-13-,20-18-,21-19-,28-26-,34-32-. The normalized spacial score (nSPS) is 26.6. The number of rotatable bonds is 39. The molecule has 2 aliphatic heterocycles. The highest BCUT2D eigenvalue weighted by atomic mass is 16.7. The Morgan fingerprint density at radius 3 is 1.50 bits per heavy atom. The molecule has 2 rings (SSSR count). The number of carbonyl (C=O) groups excluding carboxylic acids is 1. The second kappa shape index (κ2) is 40.9. The Bertz CT molecular complexity index is 1440. The lowest BCUT2D eigenvalue weighted by Gasteiger charge is -2.42. The molecule has 14 nitrogen and oxygen atoms in total. The summed E-state index contributed by atoms with van der Waals surface area (Å²) >= 11 is 0. The van der Waals surface area contributed by atoms with Crippen LogP contribution in [-0.2, 0) is 33.2 Å². The molecular formula is C54H90O14. The van der Waals surface area contributed by atoms with Gasteiger partial charge in [-0.1, -0.05) is 150 Å². The first kappa shape index (κ1) is 61.3. The van der Waals surface area contributed by atoms with Crippen molar-refractivity contribution >= 4 is 5.97 Å². The summed E-state index contributed by atoms with van der Waals surface area (Å²) in [5, 5.41) is 72.1. The first-order valence-corrected chi connectivity index (χ1v) is 25.7. The van der Waals surface area contributed by atoms with Crippen LogP contribution in [0.5, 0.6) is 0 Å². The molecular weight excluding hydrogens is 873 g/mol. The van der Waals surface area contributed by atoms with Gasteiger partial charge in [-0.2, -0.15) is 0 Å². The van der Waals surface area contributed by atoms with Crippen LogP contribution >= 0.6 is 0 Å². The van der Waals surface area contributed by atoms with Gasteiger partial charge in [-0.15, -0.1) is 0 Å². The van der Waals surface area contributed by atoms with Crippen LogP contribution in [0.1, 0.15) is 149 Å². The Morgan fingerprint density at radius 2 is 0.956 bits per heavy atom. The van der Waals surface area contributed by atoms with E-state index in [1.807, 2.05) is 6.08 Å². The van der Waals surface area contributed by atoms with Crippen LogP contribution in [0, 0.1) is 0 Å². The lowest BCUT2D eigenvalue weighted by molar-refractivity contribution is -0.332. The van der Waals surface area contributed by atoms with E-state index in [2.05, 4.69) is 92.8 Å². The summed E-state index contributed by atoms with van der Waals surface area (Å²) in [6.45, 7) is 3.30. The van der Waals surface area contributed by atoms with Gasteiger partial charge >= 0.3 is 5.97 Å². The number of ether oxygens (including phenoxy) is 6. The number of unbranched alkanes of at least 4 members (excludes halogenated alkanes) is 11. The molecule has 390 valence electrons. The summed E-state index contributed by atoms with van der Waals surface area (Å²) in [5.41, 5.74) is 0. The molecule has 0 aromatic rings. The van der Waals surface area contributed by atoms with Crippen LogP contribution in [0.4, 0.5) is 0 Å². The van der Waals surface area contributed by atoms with Crippen molar-refractivity contribution in [3.05, 3.63) is 85.1 Å². The van der Waals surface area contributed by atoms with Crippen molar-refractivity contribution in [2.45, 2.75) is 216 Å². The molecule has 0 amide bonds. The van der Waals surface area contributed by atoms with E-state index in [4.69, 9.17) is 28.4 Å². The summed E-state index contributed by atoms with van der Waals surface area (Å²) in [6.07, 6.45) is 35.2. The van der Waals surface area contributed by atoms with Gasteiger partial charge in [0.2, 0.25) is 0 Å². The van der Waals surface area contributed by atoms with Crippen molar-refractivity contribution in [3.8, 4) is 0 Å². The molecule has 2 heterocycles. The molecule has 11 unspecified atom stereocenters. The maximum atomic E-state index is 13.0. The topological polar surface area (TPSA) is 214 Å². The van der Waals surface area contributed by atoms with E-state index in [-0.39, 0.29) is 19.6 Å². The number of carbonyl (C=O) groups is 1. The van der Waals surface area contributed by atoms with Crippen molar-refractivity contribution in [1.82, 2.24) is 0 Å². The van der Waals surface area contributed by atoms with Gasteiger partial charge in [-0.3, -0.25) is 4.79 Å². The molecule has 0 aromatic carbocycles. The summed E-state index contributed by atoms with van der Waals surface area (Å²) in [6, 6.07) is 0. The zero-order chi connectivity index (χ0) is 49.5. The Balaban J connectivity index is 1.81. The molecule has 0 spiro atoms. The van der Waals surface area contributed by atoms with E-state index < -0.39 is 86.7 Å². The average molecular weight is 963 g/mol. The number of hydrogen-bond acceptors (Lipinski definition) is 14. The van der Waals surface area contributed by atoms with Crippen molar-refractivity contribution < 1.29 is 69.0 Å². The van der Waals surface area contributed by atoms with E-state index in [0.29, 0.717) is 19.4 Å². The Morgan fingerprint density at radius 1 is 0.500 bits per heavy atom. The van der Waals surface area contributed by atoms with E-state index in [1.165, 1.54) is 44.9 Å². The number of hydrogen-bond donors (Lipinski definition) is 7. The lowest BCUT2D eigenvalue weighted by Crippen LogP contribution is -2.61. The highest BCUT2D eigenvalue weighted by Crippen LogP contribution is 2.26. The van der Waals surface area contributed by atoms with Gasteiger partial charge in [-0.05, 0) is 77.0 Å². The van der Waals surface area contributed by atoms with Gasteiger partial charge < -0.3 is 64.2 Å². The Hall–Kier alpha value is -2.83. The minimum absolute atomic E-state index is 0.000890. The van der Waals surface area contributed by atoms with E-state index in [0.717, 1.165) is 70.6 Å². The SMILES string of the molecule is CC/C=C\C/C=C\C/C=C\C/C=C\C/C=C\CCOCC(COC1OC(COC2OC(CO)C(O)C(O)C2O)C(O)C(O)C1O)OC(=O)CCCCCCCCC/C=C\C/C=C\CCCCCC. The number of aliphatic hydroxyl groups is 7. The second-order valence-corrected chi connectivity index (χ2v) is 17.6. The molecule has 0 saturated carbocycles. The van der Waals surface area contributed by atoms with Crippen LogP contribution in [-0.4, -0.2) is 142 Å². The quantitative estimate of drug-likeness (QED) is 0.0179. The predicted octanol–water partition coefficient (Wildman–Crippen LogP) is 7.68. The minimum Gasteiger partial charge on any atom is -0.457 e. The van der Waals surface area contributed by atoms with Crippen LogP contribution in [0.15, 0.2) is 85.1 Å². The van der Waals surface area contributed by atoms with Gasteiger partial charge in [0.1, 0.15) is 54.9 Å². The van der Waals surface area contributed by atoms with E-state index in [9.17, 15) is 40.5 Å². The minimum atomic E-state index is -1.73. The van der Waals surface area contributed by atoms with Crippen LogP contribution in [0.3, 0.4) is 0 Å². The molecule has 0 aliphatic carbocycles. The summed E-state index contributed by atoms with van der Waals surface area (Å²) in [7, 11) is 0. The predicted molar refractivity (Wildman–Crippen MR) is 265 cm³/mol. The van der Waals surface area contributed by atoms with Gasteiger partial charge in [0, 0.05) is 6.42 Å². The fourth-order valence-electron chi connectivity index (χ4n) is 7.50. The Labute approximate surface area is 408 Å². The van der Waals surface area contributed by atoms with Gasteiger partial charge in [0.25, 0.3) is 0 Å². The first-order chi connectivity index (χ1) is 33.1. The summed E-state index contributed by atoms with van der Waals surface area (Å²) in [5.74, 6) is -0.412. The molecule has 2 aliphatic rings. The largest absolute Gasteiger partial charge is 0.457 e. The summed E-state index contributed by atoms with van der Waals surface area (Å²) in [4.78, 5) is 13.0. The van der Waals surface area contributed by atoms with Crippen molar-refractivity contribution in [2.75, 3.05) is 33.0 Å². The average Bonchev–Trinajstić information content (AvgIpc) is 3.33. The van der Waals surface area contributed by atoms with Crippen molar-refractivity contribution in [3.63, 3.8) is 0 Å². The third-order valence-corrected chi connectivity index (χ3v) is 11.7. The number of aliphatic hydroxyl groups excluding tert-OH is 7. The highest BCUT2D eigenvalue weighted by molar-refractivity contribution is 5.69.